The highest BCUT2D eigenvalue weighted by molar-refractivity contribution is 7.99. The van der Waals surface area contributed by atoms with Crippen LogP contribution in [0.2, 0.25) is 0 Å². The molecule has 0 aliphatic heterocycles. The van der Waals surface area contributed by atoms with Crippen LogP contribution in [0.4, 0.5) is 5.00 Å². The van der Waals surface area contributed by atoms with Gasteiger partial charge in [-0.1, -0.05) is 24.8 Å². The van der Waals surface area contributed by atoms with Gasteiger partial charge in [0.1, 0.15) is 10.8 Å². The fourth-order valence-electron chi connectivity index (χ4n) is 2.73. The predicted octanol–water partition coefficient (Wildman–Crippen LogP) is 4.30. The summed E-state index contributed by atoms with van der Waals surface area (Å²) < 4.78 is 5.15. The van der Waals surface area contributed by atoms with Crippen molar-refractivity contribution in [1.82, 2.24) is 15.2 Å². The van der Waals surface area contributed by atoms with E-state index in [4.69, 9.17) is 4.74 Å². The standard InChI is InChI=1S/C19H22N4O3S3/c1-4-13-11(3)16(18(25)26-5-2)17(29-13)21-15(24)10-28-19-20-14(22-23-19)9-12-7-6-8-27-12/h6-8H,4-5,9-10H2,1-3H3,(H,21,24)(H,20,22,23). The summed E-state index contributed by atoms with van der Waals surface area (Å²) in [5.41, 5.74) is 1.31. The minimum Gasteiger partial charge on any atom is -0.462 e. The quantitative estimate of drug-likeness (QED) is 0.373. The number of nitrogens with one attached hydrogen (secondary N) is 2. The van der Waals surface area contributed by atoms with E-state index in [1.807, 2.05) is 31.4 Å². The third-order valence-electron chi connectivity index (χ3n) is 4.06. The van der Waals surface area contributed by atoms with E-state index < -0.39 is 5.97 Å². The SMILES string of the molecule is CCOC(=O)c1c(NC(=O)CSc2n[nH]c(Cc3cccs3)n2)sc(CC)c1C. The highest BCUT2D eigenvalue weighted by Crippen LogP contribution is 2.34. The number of esters is 1. The molecular weight excluding hydrogens is 428 g/mol. The number of thiophene rings is 2. The van der Waals surface area contributed by atoms with Crippen LogP contribution in [0, 0.1) is 6.92 Å². The number of ether oxygens (including phenoxy) is 1. The molecule has 0 aromatic carbocycles. The number of carbonyl (C=O) groups is 2. The monoisotopic (exact) mass is 450 g/mol. The van der Waals surface area contributed by atoms with Crippen molar-refractivity contribution in [3.63, 3.8) is 0 Å². The minimum atomic E-state index is -0.406. The molecule has 0 atom stereocenters. The summed E-state index contributed by atoms with van der Waals surface area (Å²) in [5.74, 6) is 0.295. The summed E-state index contributed by atoms with van der Waals surface area (Å²) >= 11 is 4.33. The first-order valence-electron chi connectivity index (χ1n) is 9.17. The lowest BCUT2D eigenvalue weighted by atomic mass is 10.1. The highest BCUT2D eigenvalue weighted by Gasteiger charge is 2.23. The van der Waals surface area contributed by atoms with Gasteiger partial charge in [-0.15, -0.1) is 27.8 Å². The summed E-state index contributed by atoms with van der Waals surface area (Å²) in [4.78, 5) is 31.4. The molecule has 154 valence electrons. The van der Waals surface area contributed by atoms with Crippen molar-refractivity contribution in [3.8, 4) is 0 Å². The van der Waals surface area contributed by atoms with Crippen LogP contribution < -0.4 is 5.32 Å². The number of amides is 1. The Morgan fingerprint density at radius 2 is 2.17 bits per heavy atom. The Balaban J connectivity index is 1.61. The number of nitrogens with zero attached hydrogens (tertiary/aromatic N) is 2. The van der Waals surface area contributed by atoms with Gasteiger partial charge in [0, 0.05) is 16.2 Å². The number of thioether (sulfide) groups is 1. The second-order valence-electron chi connectivity index (χ2n) is 6.09. The van der Waals surface area contributed by atoms with Gasteiger partial charge in [-0.05, 0) is 37.3 Å². The number of anilines is 1. The third-order valence-corrected chi connectivity index (χ3v) is 7.14. The average Bonchev–Trinajstić information content (AvgIpc) is 3.42. The smallest absolute Gasteiger partial charge is 0.341 e. The van der Waals surface area contributed by atoms with Crippen molar-refractivity contribution < 1.29 is 14.3 Å². The molecule has 0 radical (unpaired) electrons. The number of aromatic amines is 1. The van der Waals surface area contributed by atoms with Gasteiger partial charge in [-0.25, -0.2) is 9.78 Å². The molecule has 10 heteroatoms. The number of rotatable bonds is 9. The lowest BCUT2D eigenvalue weighted by molar-refractivity contribution is -0.113. The third kappa shape index (κ3) is 5.46. The van der Waals surface area contributed by atoms with Crippen LogP contribution in [0.25, 0.3) is 0 Å². The fraction of sp³-hybridized carbons (Fsp3) is 0.368. The molecule has 0 bridgehead atoms. The maximum atomic E-state index is 12.4. The molecule has 0 aliphatic carbocycles. The molecule has 0 aliphatic rings. The Morgan fingerprint density at radius 1 is 1.34 bits per heavy atom. The average molecular weight is 451 g/mol. The molecule has 3 aromatic rings. The summed E-state index contributed by atoms with van der Waals surface area (Å²) in [7, 11) is 0. The largest absolute Gasteiger partial charge is 0.462 e. The molecule has 2 N–H and O–H groups in total. The first-order valence-corrected chi connectivity index (χ1v) is 11.9. The van der Waals surface area contributed by atoms with Crippen molar-refractivity contribution in [3.05, 3.63) is 44.2 Å². The molecule has 29 heavy (non-hydrogen) atoms. The van der Waals surface area contributed by atoms with Gasteiger partial charge in [0.2, 0.25) is 11.1 Å². The van der Waals surface area contributed by atoms with E-state index in [1.165, 1.54) is 28.0 Å². The summed E-state index contributed by atoms with van der Waals surface area (Å²) in [6, 6.07) is 4.04. The molecule has 7 nitrogen and oxygen atoms in total. The predicted molar refractivity (Wildman–Crippen MR) is 117 cm³/mol. The van der Waals surface area contributed by atoms with Crippen molar-refractivity contribution in [2.75, 3.05) is 17.7 Å². The molecule has 1 amide bonds. The molecule has 3 rings (SSSR count). The van der Waals surface area contributed by atoms with Gasteiger partial charge in [-0.2, -0.15) is 0 Å². The van der Waals surface area contributed by atoms with E-state index in [1.54, 1.807) is 18.3 Å². The van der Waals surface area contributed by atoms with E-state index in [0.717, 1.165) is 22.7 Å². The van der Waals surface area contributed by atoms with Crippen LogP contribution in [0.5, 0.6) is 0 Å². The van der Waals surface area contributed by atoms with E-state index in [-0.39, 0.29) is 18.3 Å². The zero-order valence-electron chi connectivity index (χ0n) is 16.4. The second kappa shape index (κ2) is 10.0. The van der Waals surface area contributed by atoms with Gasteiger partial charge >= 0.3 is 5.97 Å². The van der Waals surface area contributed by atoms with Crippen LogP contribution >= 0.6 is 34.4 Å². The lowest BCUT2D eigenvalue weighted by Crippen LogP contribution is -2.16. The van der Waals surface area contributed by atoms with Crippen LogP contribution in [-0.2, 0) is 22.4 Å². The summed E-state index contributed by atoms with van der Waals surface area (Å²) in [5, 5.41) is 13.0. The highest BCUT2D eigenvalue weighted by atomic mass is 32.2. The van der Waals surface area contributed by atoms with Gasteiger partial charge in [0.15, 0.2) is 0 Å². The maximum Gasteiger partial charge on any atom is 0.341 e. The minimum absolute atomic E-state index is 0.150. The Bertz CT molecular complexity index is 979. The van der Waals surface area contributed by atoms with Gasteiger partial charge in [-0.3, -0.25) is 9.89 Å². The lowest BCUT2D eigenvalue weighted by Gasteiger charge is -2.06. The molecule has 0 unspecified atom stereocenters. The fourth-order valence-corrected chi connectivity index (χ4v) is 5.20. The maximum absolute atomic E-state index is 12.4. The molecule has 0 saturated heterocycles. The van der Waals surface area contributed by atoms with Crippen LogP contribution in [-0.4, -0.2) is 39.4 Å². The number of H-pyrrole nitrogens is 1. The number of aromatic nitrogens is 3. The van der Waals surface area contributed by atoms with Gasteiger partial charge in [0.05, 0.1) is 17.9 Å². The molecule has 3 heterocycles. The zero-order valence-corrected chi connectivity index (χ0v) is 18.9. The topological polar surface area (TPSA) is 97.0 Å². The first kappa shape index (κ1) is 21.5. The van der Waals surface area contributed by atoms with Crippen LogP contribution in [0.3, 0.4) is 0 Å². The Labute approximate surface area is 181 Å². The number of aryl methyl sites for hydroxylation is 1. The van der Waals surface area contributed by atoms with Crippen LogP contribution in [0.1, 0.15) is 45.3 Å². The second-order valence-corrected chi connectivity index (χ2v) is 9.17. The van der Waals surface area contributed by atoms with Gasteiger partial charge in [0.25, 0.3) is 0 Å². The van der Waals surface area contributed by atoms with Crippen molar-refractivity contribution >= 4 is 51.3 Å². The van der Waals surface area contributed by atoms with E-state index in [0.29, 0.717) is 22.1 Å². The summed E-state index contributed by atoms with van der Waals surface area (Å²) in [6.07, 6.45) is 1.48. The molecule has 0 spiro atoms. The Morgan fingerprint density at radius 3 is 2.86 bits per heavy atom. The normalized spacial score (nSPS) is 10.9. The van der Waals surface area contributed by atoms with Crippen molar-refractivity contribution in [2.24, 2.45) is 0 Å². The van der Waals surface area contributed by atoms with E-state index in [2.05, 4.69) is 20.5 Å². The first-order chi connectivity index (χ1) is 14.0. The molecule has 3 aromatic heterocycles. The van der Waals surface area contributed by atoms with E-state index >= 15 is 0 Å². The van der Waals surface area contributed by atoms with Crippen molar-refractivity contribution in [1.29, 1.82) is 0 Å². The van der Waals surface area contributed by atoms with E-state index in [9.17, 15) is 9.59 Å². The van der Waals surface area contributed by atoms with Crippen LogP contribution in [0.15, 0.2) is 22.7 Å². The zero-order chi connectivity index (χ0) is 20.8. The number of hydrogen-bond donors (Lipinski definition) is 2. The molecular formula is C19H22N4O3S3. The molecule has 0 fully saturated rings. The Kier molecular flexibility index (Phi) is 7.45. The van der Waals surface area contributed by atoms with Gasteiger partial charge < -0.3 is 10.1 Å². The summed E-state index contributed by atoms with van der Waals surface area (Å²) in [6.45, 7) is 5.96. The Hall–Kier alpha value is -2.17. The molecule has 0 saturated carbocycles. The van der Waals surface area contributed by atoms with Crippen molar-refractivity contribution in [2.45, 2.75) is 38.8 Å². The number of hydrogen-bond acceptors (Lipinski definition) is 8. The number of carbonyl (C=O) groups excluding carboxylic acids is 2.